The molecule has 3 heterocycles. The zero-order chi connectivity index (χ0) is 18.8. The fourth-order valence-corrected chi connectivity index (χ4v) is 2.74. The zero-order valence-electron chi connectivity index (χ0n) is 14.5. The van der Waals surface area contributed by atoms with Gasteiger partial charge in [0.1, 0.15) is 11.5 Å². The third-order valence-electron chi connectivity index (χ3n) is 4.07. The van der Waals surface area contributed by atoms with Crippen LogP contribution in [0.3, 0.4) is 0 Å². The van der Waals surface area contributed by atoms with Gasteiger partial charge in [0.15, 0.2) is 17.3 Å². The molecule has 1 aromatic carbocycles. The van der Waals surface area contributed by atoms with Crippen LogP contribution < -0.4 is 5.32 Å². The first kappa shape index (κ1) is 16.8. The molecule has 1 amide bonds. The summed E-state index contributed by atoms with van der Waals surface area (Å²) in [4.78, 5) is 20.6. The summed E-state index contributed by atoms with van der Waals surface area (Å²) >= 11 is 0. The van der Waals surface area contributed by atoms with Crippen molar-refractivity contribution in [3.63, 3.8) is 0 Å². The molecule has 0 radical (unpaired) electrons. The second-order valence-corrected chi connectivity index (χ2v) is 5.92. The van der Waals surface area contributed by atoms with Crippen molar-refractivity contribution in [3.05, 3.63) is 66.0 Å². The first-order valence-electron chi connectivity index (χ1n) is 8.32. The molecule has 8 nitrogen and oxygen atoms in total. The Labute approximate surface area is 153 Å². The van der Waals surface area contributed by atoms with E-state index in [9.17, 15) is 9.18 Å². The van der Waals surface area contributed by atoms with Gasteiger partial charge in [0.25, 0.3) is 0 Å². The first-order chi connectivity index (χ1) is 13.1. The topological polar surface area (TPSA) is 90.0 Å². The molecule has 0 fully saturated rings. The molecule has 4 aromatic rings. The Bertz CT molecular complexity index is 1100. The fraction of sp³-hybridized carbons (Fsp3) is 0.167. The van der Waals surface area contributed by atoms with Gasteiger partial charge in [-0.25, -0.2) is 23.6 Å². The number of rotatable bonds is 5. The summed E-state index contributed by atoms with van der Waals surface area (Å²) in [6.45, 7) is 0.371. The maximum atomic E-state index is 13.2. The number of carbonyl (C=O) groups is 1. The van der Waals surface area contributed by atoms with Crippen molar-refractivity contribution in [3.8, 4) is 11.5 Å². The predicted molar refractivity (Wildman–Crippen MR) is 95.3 cm³/mol. The summed E-state index contributed by atoms with van der Waals surface area (Å²) in [6, 6.07) is 9.80. The van der Waals surface area contributed by atoms with Crippen LogP contribution in [0.1, 0.15) is 11.4 Å². The number of nitrogens with one attached hydrogen (secondary N) is 1. The van der Waals surface area contributed by atoms with E-state index < -0.39 is 0 Å². The Morgan fingerprint density at radius 3 is 2.81 bits per heavy atom. The van der Waals surface area contributed by atoms with Crippen LogP contribution in [0.15, 0.2) is 48.8 Å². The van der Waals surface area contributed by atoms with Crippen LogP contribution in [0.4, 0.5) is 4.39 Å². The molecule has 0 saturated carbocycles. The van der Waals surface area contributed by atoms with Gasteiger partial charge in [-0.2, -0.15) is 10.2 Å². The minimum atomic E-state index is -0.302. The van der Waals surface area contributed by atoms with Gasteiger partial charge in [0.05, 0.1) is 19.2 Å². The van der Waals surface area contributed by atoms with Crippen molar-refractivity contribution in [1.82, 2.24) is 34.7 Å². The highest BCUT2D eigenvalue weighted by Gasteiger charge is 2.18. The highest BCUT2D eigenvalue weighted by molar-refractivity contribution is 5.77. The summed E-state index contributed by atoms with van der Waals surface area (Å²) in [7, 11) is 1.56. The quantitative estimate of drug-likeness (QED) is 0.578. The van der Waals surface area contributed by atoms with E-state index in [-0.39, 0.29) is 18.1 Å². The lowest BCUT2D eigenvalue weighted by atomic mass is 10.2. The third kappa shape index (κ3) is 3.39. The van der Waals surface area contributed by atoms with Crippen LogP contribution in [0.25, 0.3) is 17.2 Å². The number of amides is 1. The van der Waals surface area contributed by atoms with Crippen molar-refractivity contribution in [2.24, 2.45) is 0 Å². The van der Waals surface area contributed by atoms with Crippen molar-refractivity contribution < 1.29 is 9.18 Å². The minimum Gasteiger partial charge on any atom is -0.359 e. The van der Waals surface area contributed by atoms with E-state index in [1.807, 2.05) is 6.07 Å². The number of imidazole rings is 1. The molecular weight excluding hydrogens is 349 g/mol. The summed E-state index contributed by atoms with van der Waals surface area (Å²) in [6.07, 6.45) is 3.38. The van der Waals surface area contributed by atoms with Crippen LogP contribution in [0.5, 0.6) is 0 Å². The van der Waals surface area contributed by atoms with Crippen molar-refractivity contribution in [2.45, 2.75) is 13.0 Å². The van der Waals surface area contributed by atoms with Crippen LogP contribution in [-0.4, -0.2) is 42.3 Å². The van der Waals surface area contributed by atoms with E-state index >= 15 is 0 Å². The number of likely N-dealkylation sites (N-methyl/N-ethyl adjacent to an activating group) is 1. The molecule has 4 rings (SSSR count). The van der Waals surface area contributed by atoms with Gasteiger partial charge in [-0.3, -0.25) is 4.79 Å². The highest BCUT2D eigenvalue weighted by Crippen LogP contribution is 2.20. The fourth-order valence-electron chi connectivity index (χ4n) is 2.74. The molecule has 0 spiro atoms. The van der Waals surface area contributed by atoms with Gasteiger partial charge in [-0.15, -0.1) is 0 Å². The second kappa shape index (κ2) is 6.94. The van der Waals surface area contributed by atoms with Gasteiger partial charge in [0.2, 0.25) is 5.91 Å². The Hall–Kier alpha value is -3.62. The molecule has 0 unspecified atom stereocenters. The van der Waals surface area contributed by atoms with Gasteiger partial charge < -0.3 is 5.32 Å². The summed E-state index contributed by atoms with van der Waals surface area (Å²) in [5, 5.41) is 11.3. The Morgan fingerprint density at radius 2 is 2.04 bits per heavy atom. The van der Waals surface area contributed by atoms with E-state index in [1.165, 1.54) is 12.1 Å². The molecule has 0 atom stereocenters. The predicted octanol–water partition coefficient (Wildman–Crippen LogP) is 1.46. The molecule has 0 aliphatic rings. The van der Waals surface area contributed by atoms with Gasteiger partial charge in [-0.1, -0.05) is 12.1 Å². The van der Waals surface area contributed by atoms with Crippen LogP contribution in [0, 0.1) is 5.82 Å². The normalized spacial score (nSPS) is 11.0. The van der Waals surface area contributed by atoms with Crippen LogP contribution in [0.2, 0.25) is 0 Å². The van der Waals surface area contributed by atoms with E-state index in [2.05, 4.69) is 25.5 Å². The Morgan fingerprint density at radius 1 is 1.22 bits per heavy atom. The summed E-state index contributed by atoms with van der Waals surface area (Å²) in [5.41, 5.74) is 2.19. The Kier molecular flexibility index (Phi) is 4.33. The number of hydrogen-bond acceptors (Lipinski definition) is 5. The first-order valence-corrected chi connectivity index (χ1v) is 8.32. The molecule has 9 heteroatoms. The van der Waals surface area contributed by atoms with E-state index in [0.717, 1.165) is 5.56 Å². The molecule has 136 valence electrons. The highest BCUT2D eigenvalue weighted by atomic mass is 19.1. The standard InChI is InChI=1S/C18H16FN7O/c1-20-17(27)9-15-23-18(14-10-21-16-3-2-8-22-26(14)16)25(24-15)11-12-4-6-13(19)7-5-12/h2-8,10H,9,11H2,1H3,(H,20,27). The lowest BCUT2D eigenvalue weighted by molar-refractivity contribution is -0.120. The van der Waals surface area contributed by atoms with Gasteiger partial charge in [0, 0.05) is 13.2 Å². The SMILES string of the molecule is CNC(=O)Cc1nc(-c2cnc3cccnn23)n(Cc2ccc(F)cc2)n1. The number of carbonyl (C=O) groups excluding carboxylic acids is 1. The van der Waals surface area contributed by atoms with Crippen molar-refractivity contribution >= 4 is 11.6 Å². The maximum absolute atomic E-state index is 13.2. The molecule has 3 aromatic heterocycles. The zero-order valence-corrected chi connectivity index (χ0v) is 14.5. The average Bonchev–Trinajstić information content (AvgIpc) is 3.27. The third-order valence-corrected chi connectivity index (χ3v) is 4.07. The van der Waals surface area contributed by atoms with Gasteiger partial charge in [-0.05, 0) is 29.8 Å². The van der Waals surface area contributed by atoms with Crippen LogP contribution in [-0.2, 0) is 17.8 Å². The van der Waals surface area contributed by atoms with E-state index in [0.29, 0.717) is 29.5 Å². The van der Waals surface area contributed by atoms with Crippen molar-refractivity contribution in [1.29, 1.82) is 0 Å². The molecule has 0 aliphatic heterocycles. The molecular formula is C18H16FN7O. The molecule has 1 N–H and O–H groups in total. The molecule has 27 heavy (non-hydrogen) atoms. The summed E-state index contributed by atoms with van der Waals surface area (Å²) in [5.74, 6) is 0.433. The van der Waals surface area contributed by atoms with Crippen molar-refractivity contribution in [2.75, 3.05) is 7.05 Å². The summed E-state index contributed by atoms with van der Waals surface area (Å²) < 4.78 is 16.5. The van der Waals surface area contributed by atoms with E-state index in [1.54, 1.807) is 46.8 Å². The maximum Gasteiger partial charge on any atom is 0.227 e. The minimum absolute atomic E-state index is 0.0596. The number of nitrogens with zero attached hydrogens (tertiary/aromatic N) is 6. The largest absolute Gasteiger partial charge is 0.359 e. The smallest absolute Gasteiger partial charge is 0.227 e. The number of fused-ring (bicyclic) bond motifs is 1. The number of benzene rings is 1. The van der Waals surface area contributed by atoms with Gasteiger partial charge >= 0.3 is 0 Å². The number of aromatic nitrogens is 6. The van der Waals surface area contributed by atoms with E-state index in [4.69, 9.17) is 0 Å². The second-order valence-electron chi connectivity index (χ2n) is 5.92. The molecule has 0 saturated heterocycles. The van der Waals surface area contributed by atoms with Crippen LogP contribution >= 0.6 is 0 Å². The average molecular weight is 365 g/mol. The number of halogens is 1. The molecule has 0 bridgehead atoms. The monoisotopic (exact) mass is 365 g/mol. The number of hydrogen-bond donors (Lipinski definition) is 1. The lowest BCUT2D eigenvalue weighted by Crippen LogP contribution is -2.20. The lowest BCUT2D eigenvalue weighted by Gasteiger charge is -2.05. The molecule has 0 aliphatic carbocycles. The Balaban J connectivity index is 1.78.